The Morgan fingerprint density at radius 2 is 1.92 bits per heavy atom. The summed E-state index contributed by atoms with van der Waals surface area (Å²) in [4.78, 5) is 20.3. The third-order valence-corrected chi connectivity index (χ3v) is 3.81. The zero-order valence-electron chi connectivity index (χ0n) is 13.8. The lowest BCUT2D eigenvalue weighted by molar-refractivity contribution is 0.0934. The van der Waals surface area contributed by atoms with E-state index in [4.69, 9.17) is 9.47 Å². The molecule has 2 aromatic carbocycles. The maximum atomic E-state index is 12.6. The molecule has 24 heavy (non-hydrogen) atoms. The minimum absolute atomic E-state index is 0.251. The van der Waals surface area contributed by atoms with Crippen molar-refractivity contribution in [1.29, 1.82) is 0 Å². The van der Waals surface area contributed by atoms with Gasteiger partial charge in [0.2, 0.25) is 0 Å². The molecule has 0 spiro atoms. The fourth-order valence-corrected chi connectivity index (χ4v) is 2.59. The number of carbonyl (C=O) groups excluding carboxylic acids is 1. The number of carbonyl (C=O) groups is 1. The van der Waals surface area contributed by atoms with Gasteiger partial charge in [-0.2, -0.15) is 0 Å². The molecule has 0 aliphatic rings. The number of hydrogen-bond acceptors (Lipinski definition) is 4. The average molecular weight is 325 g/mol. The summed E-state index contributed by atoms with van der Waals surface area (Å²) in [7, 11) is 3.05. The monoisotopic (exact) mass is 325 g/mol. The number of fused-ring (bicyclic) bond motifs is 1. The van der Waals surface area contributed by atoms with Crippen LogP contribution in [0.15, 0.2) is 42.5 Å². The maximum absolute atomic E-state index is 12.6. The van der Waals surface area contributed by atoms with Gasteiger partial charge in [-0.05, 0) is 31.2 Å². The van der Waals surface area contributed by atoms with Crippen LogP contribution in [0.4, 0.5) is 0 Å². The highest BCUT2D eigenvalue weighted by Crippen LogP contribution is 2.31. The summed E-state index contributed by atoms with van der Waals surface area (Å²) in [5.74, 6) is 1.38. The standard InChI is InChI=1S/C18H19N3O3/c1-11(17-20-13-8-4-5-9-14(13)21-17)19-18(22)12-7-6-10-15(23-2)16(12)24-3/h4-11H,1-3H3,(H,19,22)(H,20,21). The second-order valence-electron chi connectivity index (χ2n) is 5.38. The molecule has 0 saturated heterocycles. The van der Waals surface area contributed by atoms with Gasteiger partial charge in [0.1, 0.15) is 5.82 Å². The first-order chi connectivity index (χ1) is 11.6. The molecule has 1 unspecified atom stereocenters. The number of nitrogens with one attached hydrogen (secondary N) is 2. The molecule has 1 atom stereocenters. The molecule has 6 nitrogen and oxygen atoms in total. The van der Waals surface area contributed by atoms with Crippen LogP contribution in [0, 0.1) is 0 Å². The first kappa shape index (κ1) is 15.9. The molecule has 0 radical (unpaired) electrons. The molecular formula is C18H19N3O3. The molecule has 0 saturated carbocycles. The van der Waals surface area contributed by atoms with Gasteiger partial charge in [0.25, 0.3) is 5.91 Å². The number of aromatic nitrogens is 2. The van der Waals surface area contributed by atoms with Crippen LogP contribution in [0.1, 0.15) is 29.1 Å². The Balaban J connectivity index is 1.84. The molecule has 3 rings (SSSR count). The van der Waals surface area contributed by atoms with Crippen molar-refractivity contribution in [2.75, 3.05) is 14.2 Å². The Morgan fingerprint density at radius 1 is 1.12 bits per heavy atom. The molecule has 0 fully saturated rings. The predicted molar refractivity (Wildman–Crippen MR) is 91.5 cm³/mol. The average Bonchev–Trinajstić information content (AvgIpc) is 3.05. The Labute approximate surface area is 139 Å². The van der Waals surface area contributed by atoms with E-state index >= 15 is 0 Å². The SMILES string of the molecule is COc1cccc(C(=O)NC(C)c2nc3ccccc3[nH]2)c1OC. The highest BCUT2D eigenvalue weighted by molar-refractivity contribution is 5.98. The number of nitrogens with zero attached hydrogens (tertiary/aromatic N) is 1. The van der Waals surface area contributed by atoms with Crippen molar-refractivity contribution in [1.82, 2.24) is 15.3 Å². The van der Waals surface area contributed by atoms with Gasteiger partial charge < -0.3 is 19.8 Å². The Hall–Kier alpha value is -3.02. The predicted octanol–water partition coefficient (Wildman–Crippen LogP) is 3.07. The Morgan fingerprint density at radius 3 is 2.62 bits per heavy atom. The van der Waals surface area contributed by atoms with E-state index in [2.05, 4.69) is 15.3 Å². The molecule has 1 aromatic heterocycles. The van der Waals surface area contributed by atoms with Crippen molar-refractivity contribution in [2.45, 2.75) is 13.0 Å². The summed E-state index contributed by atoms with van der Waals surface area (Å²) < 4.78 is 10.5. The number of aromatic amines is 1. The van der Waals surface area contributed by atoms with E-state index in [0.717, 1.165) is 11.0 Å². The molecule has 6 heteroatoms. The van der Waals surface area contributed by atoms with Gasteiger partial charge in [0.05, 0.1) is 36.9 Å². The van der Waals surface area contributed by atoms with Crippen LogP contribution in [0.5, 0.6) is 11.5 Å². The largest absolute Gasteiger partial charge is 0.493 e. The molecule has 3 aromatic rings. The van der Waals surface area contributed by atoms with Crippen molar-refractivity contribution in [2.24, 2.45) is 0 Å². The molecule has 2 N–H and O–H groups in total. The zero-order chi connectivity index (χ0) is 17.1. The van der Waals surface area contributed by atoms with Gasteiger partial charge in [-0.25, -0.2) is 4.98 Å². The number of methoxy groups -OCH3 is 2. The first-order valence-corrected chi connectivity index (χ1v) is 7.60. The number of para-hydroxylation sites is 3. The summed E-state index contributed by atoms with van der Waals surface area (Å²) in [5.41, 5.74) is 2.22. The number of benzene rings is 2. The molecule has 124 valence electrons. The van der Waals surface area contributed by atoms with Gasteiger partial charge in [-0.3, -0.25) is 4.79 Å². The highest BCUT2D eigenvalue weighted by Gasteiger charge is 2.19. The molecule has 0 bridgehead atoms. The summed E-state index contributed by atoms with van der Waals surface area (Å²) >= 11 is 0. The third kappa shape index (κ3) is 2.90. The Bertz CT molecular complexity index is 840. The van der Waals surface area contributed by atoms with Gasteiger partial charge in [-0.15, -0.1) is 0 Å². The lowest BCUT2D eigenvalue weighted by Crippen LogP contribution is -2.27. The van der Waals surface area contributed by atoms with Gasteiger partial charge in [-0.1, -0.05) is 18.2 Å². The summed E-state index contributed by atoms with van der Waals surface area (Å²) in [6.45, 7) is 1.88. The van der Waals surface area contributed by atoms with E-state index in [0.29, 0.717) is 22.9 Å². The van der Waals surface area contributed by atoms with Crippen molar-refractivity contribution < 1.29 is 14.3 Å². The van der Waals surface area contributed by atoms with Crippen LogP contribution in [0.3, 0.4) is 0 Å². The number of H-pyrrole nitrogens is 1. The lowest BCUT2D eigenvalue weighted by Gasteiger charge is -2.15. The van der Waals surface area contributed by atoms with E-state index in [-0.39, 0.29) is 11.9 Å². The minimum Gasteiger partial charge on any atom is -0.493 e. The van der Waals surface area contributed by atoms with Crippen LogP contribution in [0.2, 0.25) is 0 Å². The number of ether oxygens (including phenoxy) is 2. The van der Waals surface area contributed by atoms with Crippen LogP contribution in [-0.2, 0) is 0 Å². The third-order valence-electron chi connectivity index (χ3n) is 3.81. The molecule has 0 aliphatic heterocycles. The highest BCUT2D eigenvalue weighted by atomic mass is 16.5. The molecule has 0 aliphatic carbocycles. The van der Waals surface area contributed by atoms with E-state index in [9.17, 15) is 4.79 Å². The van der Waals surface area contributed by atoms with E-state index in [1.807, 2.05) is 31.2 Å². The van der Waals surface area contributed by atoms with Crippen molar-refractivity contribution in [3.8, 4) is 11.5 Å². The van der Waals surface area contributed by atoms with Crippen LogP contribution < -0.4 is 14.8 Å². The van der Waals surface area contributed by atoms with E-state index < -0.39 is 0 Å². The maximum Gasteiger partial charge on any atom is 0.255 e. The second kappa shape index (κ2) is 6.62. The number of hydrogen-bond donors (Lipinski definition) is 2. The Kier molecular flexibility index (Phi) is 4.37. The topological polar surface area (TPSA) is 76.2 Å². The van der Waals surface area contributed by atoms with E-state index in [1.54, 1.807) is 18.2 Å². The van der Waals surface area contributed by atoms with Crippen LogP contribution >= 0.6 is 0 Å². The van der Waals surface area contributed by atoms with Crippen molar-refractivity contribution in [3.05, 3.63) is 53.9 Å². The molecular weight excluding hydrogens is 306 g/mol. The van der Waals surface area contributed by atoms with E-state index in [1.165, 1.54) is 14.2 Å². The van der Waals surface area contributed by atoms with Crippen LogP contribution in [0.25, 0.3) is 11.0 Å². The number of imidazole rings is 1. The van der Waals surface area contributed by atoms with Crippen LogP contribution in [-0.4, -0.2) is 30.1 Å². The lowest BCUT2D eigenvalue weighted by atomic mass is 10.1. The van der Waals surface area contributed by atoms with Gasteiger partial charge >= 0.3 is 0 Å². The second-order valence-corrected chi connectivity index (χ2v) is 5.38. The van der Waals surface area contributed by atoms with Gasteiger partial charge in [0, 0.05) is 0 Å². The summed E-state index contributed by atoms with van der Waals surface area (Å²) in [6.07, 6.45) is 0. The summed E-state index contributed by atoms with van der Waals surface area (Å²) in [5, 5.41) is 2.93. The normalized spacial score (nSPS) is 12.0. The summed E-state index contributed by atoms with van der Waals surface area (Å²) in [6, 6.07) is 12.7. The quantitative estimate of drug-likeness (QED) is 0.756. The smallest absolute Gasteiger partial charge is 0.255 e. The number of rotatable bonds is 5. The molecule has 1 amide bonds. The number of amides is 1. The fourth-order valence-electron chi connectivity index (χ4n) is 2.59. The zero-order valence-corrected chi connectivity index (χ0v) is 13.8. The molecule has 1 heterocycles. The van der Waals surface area contributed by atoms with Crippen molar-refractivity contribution >= 4 is 16.9 Å². The van der Waals surface area contributed by atoms with Crippen molar-refractivity contribution in [3.63, 3.8) is 0 Å². The fraction of sp³-hybridized carbons (Fsp3) is 0.222. The van der Waals surface area contributed by atoms with Gasteiger partial charge in [0.15, 0.2) is 11.5 Å². The first-order valence-electron chi connectivity index (χ1n) is 7.60. The minimum atomic E-state index is -0.277.